The number of Topliss-reactive ketones (excluding diaryl/α,β-unsaturated/α-hetero) is 1. The number of rotatable bonds is 8. The number of halogens is 3. The maximum absolute atomic E-state index is 13.1. The van der Waals surface area contributed by atoms with Crippen molar-refractivity contribution in [1.82, 2.24) is 0 Å². The van der Waals surface area contributed by atoms with Gasteiger partial charge in [-0.15, -0.1) is 0 Å². The number of aryl methyl sites for hydroxylation is 2. The lowest BCUT2D eigenvalue weighted by Gasteiger charge is -2.12. The molecule has 0 radical (unpaired) electrons. The molecule has 0 bridgehead atoms. The van der Waals surface area contributed by atoms with Crippen LogP contribution in [0.2, 0.25) is 10.0 Å². The number of ether oxygens (including phenoxy) is 1. The minimum Gasteiger partial charge on any atom is -0.508 e. The third-order valence-electron chi connectivity index (χ3n) is 4.68. The number of benzene rings is 3. The summed E-state index contributed by atoms with van der Waals surface area (Å²) in [6.45, 7) is 1.40. The minimum absolute atomic E-state index is 0.0403. The number of ketones is 1. The summed E-state index contributed by atoms with van der Waals surface area (Å²) in [7, 11) is 0. The van der Waals surface area contributed by atoms with Crippen molar-refractivity contribution in [2.45, 2.75) is 26.2 Å². The van der Waals surface area contributed by atoms with E-state index in [0.29, 0.717) is 35.1 Å². The molecule has 0 aliphatic heterocycles. The first-order valence-electron chi connectivity index (χ1n) is 9.47. The van der Waals surface area contributed by atoms with E-state index in [9.17, 15) is 14.3 Å². The first kappa shape index (κ1) is 22.1. The Morgan fingerprint density at radius 1 is 0.967 bits per heavy atom. The fourth-order valence-corrected chi connectivity index (χ4v) is 3.70. The molecule has 0 spiro atoms. The van der Waals surface area contributed by atoms with Crippen molar-refractivity contribution < 1.29 is 19.0 Å². The molecular weight excluding hydrogens is 426 g/mol. The molecule has 0 aromatic heterocycles. The largest absolute Gasteiger partial charge is 0.508 e. The summed E-state index contributed by atoms with van der Waals surface area (Å²) in [5.41, 5.74) is 3.48. The van der Waals surface area contributed by atoms with Crippen LogP contribution in [0.15, 0.2) is 54.6 Å². The van der Waals surface area contributed by atoms with Crippen molar-refractivity contribution in [3.63, 3.8) is 0 Å². The SMILES string of the molecule is CC(=O)COc1cc(Cl)c(Cc2ccc(O)c(CCc3ccc(F)cc3)c2)c(Cl)c1. The Bertz CT molecular complexity index is 1030. The van der Waals surface area contributed by atoms with Crippen LogP contribution in [-0.2, 0) is 24.1 Å². The number of carbonyl (C=O) groups excluding carboxylic acids is 1. The number of carbonyl (C=O) groups is 1. The molecule has 156 valence electrons. The molecule has 0 heterocycles. The average Bonchev–Trinajstić information content (AvgIpc) is 2.70. The standard InChI is InChI=1S/C24H21Cl2FO3/c1-15(28)14-30-20-12-22(25)21(23(26)13-20)11-17-5-9-24(29)18(10-17)6-2-16-3-7-19(27)8-4-16/h3-5,7-10,12-13,29H,2,6,11,14H2,1H3. The zero-order chi connectivity index (χ0) is 21.7. The summed E-state index contributed by atoms with van der Waals surface area (Å²) in [4.78, 5) is 11.1. The van der Waals surface area contributed by atoms with E-state index in [0.717, 1.165) is 22.3 Å². The smallest absolute Gasteiger partial charge is 0.167 e. The van der Waals surface area contributed by atoms with Crippen molar-refractivity contribution in [1.29, 1.82) is 0 Å². The Morgan fingerprint density at radius 3 is 2.23 bits per heavy atom. The molecule has 0 unspecified atom stereocenters. The lowest BCUT2D eigenvalue weighted by molar-refractivity contribution is -0.118. The van der Waals surface area contributed by atoms with Crippen molar-refractivity contribution in [2.75, 3.05) is 6.61 Å². The van der Waals surface area contributed by atoms with Gasteiger partial charge in [0.15, 0.2) is 5.78 Å². The van der Waals surface area contributed by atoms with Crippen LogP contribution in [0.5, 0.6) is 11.5 Å². The molecule has 0 atom stereocenters. The molecule has 0 aliphatic carbocycles. The summed E-state index contributed by atoms with van der Waals surface area (Å²) in [6, 6.07) is 15.0. The predicted octanol–water partition coefficient (Wildman–Crippen LogP) is 6.18. The molecule has 1 N–H and O–H groups in total. The second-order valence-electron chi connectivity index (χ2n) is 7.12. The zero-order valence-electron chi connectivity index (χ0n) is 16.4. The van der Waals surface area contributed by atoms with Gasteiger partial charge in [0.05, 0.1) is 0 Å². The molecule has 0 amide bonds. The molecule has 0 saturated carbocycles. The molecule has 0 aliphatic rings. The summed E-state index contributed by atoms with van der Waals surface area (Å²) in [6.07, 6.45) is 1.78. The fraction of sp³-hybridized carbons (Fsp3) is 0.208. The van der Waals surface area contributed by atoms with E-state index in [1.165, 1.54) is 19.1 Å². The van der Waals surface area contributed by atoms with E-state index in [1.54, 1.807) is 30.3 Å². The first-order chi connectivity index (χ1) is 14.3. The molecule has 3 rings (SSSR count). The van der Waals surface area contributed by atoms with E-state index in [2.05, 4.69) is 0 Å². The monoisotopic (exact) mass is 446 g/mol. The van der Waals surface area contributed by atoms with Crippen LogP contribution in [-0.4, -0.2) is 17.5 Å². The van der Waals surface area contributed by atoms with E-state index >= 15 is 0 Å². The predicted molar refractivity (Wildman–Crippen MR) is 117 cm³/mol. The van der Waals surface area contributed by atoms with Crippen LogP contribution in [0.1, 0.15) is 29.2 Å². The number of phenols is 1. The third-order valence-corrected chi connectivity index (χ3v) is 5.35. The van der Waals surface area contributed by atoms with Gasteiger partial charge in [-0.1, -0.05) is 47.5 Å². The fourth-order valence-electron chi connectivity index (χ4n) is 3.10. The summed E-state index contributed by atoms with van der Waals surface area (Å²) < 4.78 is 18.4. The first-order valence-corrected chi connectivity index (χ1v) is 10.2. The van der Waals surface area contributed by atoms with E-state index in [4.69, 9.17) is 27.9 Å². The molecule has 30 heavy (non-hydrogen) atoms. The third kappa shape index (κ3) is 5.97. The van der Waals surface area contributed by atoms with Crippen LogP contribution in [0.25, 0.3) is 0 Å². The van der Waals surface area contributed by atoms with Gasteiger partial charge in [-0.05, 0) is 72.4 Å². The Hall–Kier alpha value is -2.56. The van der Waals surface area contributed by atoms with Gasteiger partial charge in [0.25, 0.3) is 0 Å². The van der Waals surface area contributed by atoms with E-state index < -0.39 is 0 Å². The maximum Gasteiger partial charge on any atom is 0.167 e. The molecule has 6 heteroatoms. The Balaban J connectivity index is 1.74. The van der Waals surface area contributed by atoms with Gasteiger partial charge < -0.3 is 9.84 Å². The van der Waals surface area contributed by atoms with Crippen LogP contribution < -0.4 is 4.74 Å². The van der Waals surface area contributed by atoms with E-state index in [1.807, 2.05) is 12.1 Å². The van der Waals surface area contributed by atoms with Gasteiger partial charge in [-0.25, -0.2) is 4.39 Å². The summed E-state index contributed by atoms with van der Waals surface area (Å²) in [5, 5.41) is 11.1. The molecule has 0 fully saturated rings. The quantitative estimate of drug-likeness (QED) is 0.449. The number of aromatic hydroxyl groups is 1. The molecule has 3 nitrogen and oxygen atoms in total. The molecule has 3 aromatic carbocycles. The van der Waals surface area contributed by atoms with Crippen LogP contribution in [0, 0.1) is 5.82 Å². The highest BCUT2D eigenvalue weighted by Gasteiger charge is 2.12. The van der Waals surface area contributed by atoms with Crippen LogP contribution >= 0.6 is 23.2 Å². The zero-order valence-corrected chi connectivity index (χ0v) is 17.9. The second-order valence-corrected chi connectivity index (χ2v) is 7.94. The Kier molecular flexibility index (Phi) is 7.35. The van der Waals surface area contributed by atoms with Crippen molar-refractivity contribution in [3.8, 4) is 11.5 Å². The van der Waals surface area contributed by atoms with Gasteiger partial charge >= 0.3 is 0 Å². The maximum atomic E-state index is 13.1. The Morgan fingerprint density at radius 2 is 1.60 bits per heavy atom. The van der Waals surface area contributed by atoms with Crippen LogP contribution in [0.4, 0.5) is 4.39 Å². The highest BCUT2D eigenvalue weighted by atomic mass is 35.5. The lowest BCUT2D eigenvalue weighted by Crippen LogP contribution is -2.06. The number of hydrogen-bond acceptors (Lipinski definition) is 3. The molecular formula is C24H21Cl2FO3. The second kappa shape index (κ2) is 9.96. The van der Waals surface area contributed by atoms with Crippen molar-refractivity contribution in [2.24, 2.45) is 0 Å². The molecule has 3 aromatic rings. The molecule has 0 saturated heterocycles. The van der Waals surface area contributed by atoms with Crippen LogP contribution in [0.3, 0.4) is 0 Å². The Labute approximate surface area is 185 Å². The highest BCUT2D eigenvalue weighted by Crippen LogP contribution is 2.33. The van der Waals surface area contributed by atoms with E-state index in [-0.39, 0.29) is 24.0 Å². The lowest BCUT2D eigenvalue weighted by atomic mass is 9.98. The minimum atomic E-state index is -0.268. The topological polar surface area (TPSA) is 46.5 Å². The van der Waals surface area contributed by atoms with Crippen molar-refractivity contribution >= 4 is 29.0 Å². The summed E-state index contributed by atoms with van der Waals surface area (Å²) >= 11 is 12.8. The van der Waals surface area contributed by atoms with Gasteiger partial charge in [0, 0.05) is 16.5 Å². The highest BCUT2D eigenvalue weighted by molar-refractivity contribution is 6.36. The van der Waals surface area contributed by atoms with Gasteiger partial charge in [0.1, 0.15) is 23.9 Å². The average molecular weight is 447 g/mol. The van der Waals surface area contributed by atoms with Gasteiger partial charge in [-0.2, -0.15) is 0 Å². The van der Waals surface area contributed by atoms with Gasteiger partial charge in [-0.3, -0.25) is 4.79 Å². The number of phenolic OH excluding ortho intramolecular Hbond substituents is 1. The summed E-state index contributed by atoms with van der Waals surface area (Å²) in [5.74, 6) is 0.291. The normalized spacial score (nSPS) is 10.8. The van der Waals surface area contributed by atoms with Gasteiger partial charge in [0.2, 0.25) is 0 Å². The number of hydrogen-bond donors (Lipinski definition) is 1. The van der Waals surface area contributed by atoms with Crippen molar-refractivity contribution in [3.05, 3.63) is 92.7 Å².